The highest BCUT2D eigenvalue weighted by atomic mass is 16.6. The zero-order valence-electron chi connectivity index (χ0n) is 18.5. The Morgan fingerprint density at radius 1 is 1.21 bits per heavy atom. The van der Waals surface area contributed by atoms with E-state index in [-0.39, 0.29) is 18.6 Å². The van der Waals surface area contributed by atoms with Crippen molar-refractivity contribution in [3.8, 4) is 11.4 Å². The van der Waals surface area contributed by atoms with Gasteiger partial charge in [0.2, 0.25) is 0 Å². The van der Waals surface area contributed by atoms with Crippen molar-refractivity contribution in [1.82, 2.24) is 9.55 Å². The van der Waals surface area contributed by atoms with Gasteiger partial charge in [0.1, 0.15) is 6.61 Å². The van der Waals surface area contributed by atoms with Crippen LogP contribution in [0.2, 0.25) is 0 Å². The van der Waals surface area contributed by atoms with Crippen LogP contribution in [0.4, 0.5) is 0 Å². The molecule has 3 aromatic rings. The van der Waals surface area contributed by atoms with Crippen LogP contribution in [0.25, 0.3) is 28.4 Å². The van der Waals surface area contributed by atoms with Gasteiger partial charge in [-0.3, -0.25) is 4.79 Å². The van der Waals surface area contributed by atoms with Gasteiger partial charge >= 0.3 is 5.97 Å². The van der Waals surface area contributed by atoms with Crippen LogP contribution in [0.5, 0.6) is 0 Å². The van der Waals surface area contributed by atoms with Crippen molar-refractivity contribution >= 4 is 22.9 Å². The Labute approximate surface area is 190 Å². The number of aryl methyl sites for hydroxylation is 2. The third kappa shape index (κ3) is 2.66. The molecule has 3 aliphatic rings. The highest BCUT2D eigenvalue weighted by molar-refractivity contribution is 5.94. The smallest absolute Gasteiger partial charge is 0.343 e. The van der Waals surface area contributed by atoms with Crippen LogP contribution in [0.3, 0.4) is 0 Å². The summed E-state index contributed by atoms with van der Waals surface area (Å²) in [5.41, 5.74) is 11.4. The molecule has 1 aliphatic carbocycles. The van der Waals surface area contributed by atoms with Gasteiger partial charge in [-0.25, -0.2) is 9.78 Å². The van der Waals surface area contributed by atoms with Crippen molar-refractivity contribution in [1.29, 1.82) is 0 Å². The van der Waals surface area contributed by atoms with E-state index in [0.717, 1.165) is 36.0 Å². The van der Waals surface area contributed by atoms with E-state index in [2.05, 4.69) is 12.1 Å². The first kappa shape index (κ1) is 20.3. The number of pyridine rings is 2. The predicted molar refractivity (Wildman–Crippen MR) is 125 cm³/mol. The molecule has 0 bridgehead atoms. The lowest BCUT2D eigenvalue weighted by Gasteiger charge is -2.31. The molecule has 33 heavy (non-hydrogen) atoms. The maximum absolute atomic E-state index is 13.4. The second-order valence-electron chi connectivity index (χ2n) is 9.04. The number of aliphatic hydroxyl groups is 1. The van der Waals surface area contributed by atoms with Crippen LogP contribution in [-0.2, 0) is 41.1 Å². The van der Waals surface area contributed by atoms with E-state index in [0.29, 0.717) is 29.9 Å². The van der Waals surface area contributed by atoms with Crippen molar-refractivity contribution in [2.45, 2.75) is 51.4 Å². The van der Waals surface area contributed by atoms with Gasteiger partial charge in [0, 0.05) is 23.1 Å². The van der Waals surface area contributed by atoms with Crippen LogP contribution >= 0.6 is 0 Å². The summed E-state index contributed by atoms with van der Waals surface area (Å²) in [5, 5.41) is 12.3. The molecule has 168 valence electrons. The third-order valence-corrected chi connectivity index (χ3v) is 7.40. The number of nitrogens with two attached hydrogens (primary N) is 1. The molecule has 0 saturated carbocycles. The topological polar surface area (TPSA) is 107 Å². The minimum atomic E-state index is -1.81. The standard InChI is InChI=1S/C26H25N3O4/c1-2-26(32)19-11-21-23-17(12-29(21)24(30)18(19)13-33-25(26)31)16-7-3-6-15-14(5-4-10-27)8-9-20(28-23)22(15)16/h4-5,8-9,11,32H,2-3,6-7,10,12-13,27H2,1H3. The normalized spacial score (nSPS) is 20.6. The van der Waals surface area contributed by atoms with E-state index in [4.69, 9.17) is 15.5 Å². The van der Waals surface area contributed by atoms with Gasteiger partial charge in [-0.05, 0) is 54.5 Å². The monoisotopic (exact) mass is 443 g/mol. The SMILES string of the molecule is CCC1(O)C(=O)OCc2c1cc1n(c2=O)Cc2c-1nc1ccc(C=CCN)c3c1c2CCC3. The first-order valence-electron chi connectivity index (χ1n) is 11.5. The van der Waals surface area contributed by atoms with E-state index in [1.54, 1.807) is 17.6 Å². The minimum absolute atomic E-state index is 0.116. The molecule has 0 saturated heterocycles. The zero-order valence-corrected chi connectivity index (χ0v) is 18.5. The van der Waals surface area contributed by atoms with E-state index >= 15 is 0 Å². The van der Waals surface area contributed by atoms with Crippen LogP contribution in [0, 0.1) is 0 Å². The summed E-state index contributed by atoms with van der Waals surface area (Å²) in [5.74, 6) is -0.704. The summed E-state index contributed by atoms with van der Waals surface area (Å²) in [7, 11) is 0. The average Bonchev–Trinajstić information content (AvgIpc) is 3.21. The number of hydrogen-bond donors (Lipinski definition) is 2. The number of benzene rings is 1. The third-order valence-electron chi connectivity index (χ3n) is 7.40. The van der Waals surface area contributed by atoms with E-state index in [1.165, 1.54) is 22.1 Å². The predicted octanol–water partition coefficient (Wildman–Crippen LogP) is 2.54. The lowest BCUT2D eigenvalue weighted by atomic mass is 9.84. The minimum Gasteiger partial charge on any atom is -0.458 e. The lowest BCUT2D eigenvalue weighted by Crippen LogP contribution is -2.44. The fourth-order valence-electron chi connectivity index (χ4n) is 5.69. The number of fused-ring (bicyclic) bond motifs is 5. The van der Waals surface area contributed by atoms with Crippen molar-refractivity contribution in [2.75, 3.05) is 6.54 Å². The summed E-state index contributed by atoms with van der Waals surface area (Å²) in [6, 6.07) is 5.89. The Bertz CT molecular complexity index is 1450. The molecule has 0 spiro atoms. The molecule has 2 aromatic heterocycles. The summed E-state index contributed by atoms with van der Waals surface area (Å²) < 4.78 is 6.89. The average molecular weight is 444 g/mol. The highest BCUT2D eigenvalue weighted by Gasteiger charge is 2.45. The summed E-state index contributed by atoms with van der Waals surface area (Å²) in [4.78, 5) is 30.8. The van der Waals surface area contributed by atoms with Gasteiger partial charge in [0.15, 0.2) is 5.60 Å². The van der Waals surface area contributed by atoms with Crippen molar-refractivity contribution in [2.24, 2.45) is 5.73 Å². The van der Waals surface area contributed by atoms with Gasteiger partial charge < -0.3 is 20.1 Å². The maximum atomic E-state index is 13.4. The second kappa shape index (κ2) is 7.10. The van der Waals surface area contributed by atoms with Crippen LogP contribution < -0.4 is 11.3 Å². The molecule has 2 aliphatic heterocycles. The number of hydrogen-bond acceptors (Lipinski definition) is 6. The number of nitrogens with zero attached hydrogens (tertiary/aromatic N) is 2. The quantitative estimate of drug-likeness (QED) is 0.471. The first-order chi connectivity index (χ1) is 16.0. The molecule has 7 heteroatoms. The molecule has 1 unspecified atom stereocenters. The van der Waals surface area contributed by atoms with Crippen molar-refractivity contribution in [3.63, 3.8) is 0 Å². The molecule has 3 N–H and O–H groups in total. The van der Waals surface area contributed by atoms with Crippen molar-refractivity contribution in [3.05, 3.63) is 68.0 Å². The van der Waals surface area contributed by atoms with Crippen LogP contribution in [0.15, 0.2) is 29.1 Å². The molecular weight excluding hydrogens is 418 g/mol. The Morgan fingerprint density at radius 3 is 2.82 bits per heavy atom. The van der Waals surface area contributed by atoms with Gasteiger partial charge in [-0.15, -0.1) is 0 Å². The van der Waals surface area contributed by atoms with Gasteiger partial charge in [0.05, 0.1) is 29.0 Å². The van der Waals surface area contributed by atoms with Gasteiger partial charge in [0.25, 0.3) is 5.56 Å². The Morgan fingerprint density at radius 2 is 2.03 bits per heavy atom. The number of cyclic esters (lactones) is 1. The van der Waals surface area contributed by atoms with Gasteiger partial charge in [-0.1, -0.05) is 25.1 Å². The maximum Gasteiger partial charge on any atom is 0.343 e. The summed E-state index contributed by atoms with van der Waals surface area (Å²) >= 11 is 0. The lowest BCUT2D eigenvalue weighted by molar-refractivity contribution is -0.172. The second-order valence-corrected chi connectivity index (χ2v) is 9.04. The zero-order chi connectivity index (χ0) is 22.9. The van der Waals surface area contributed by atoms with E-state index < -0.39 is 11.6 Å². The Balaban J connectivity index is 1.62. The highest BCUT2D eigenvalue weighted by Crippen LogP contribution is 2.42. The number of carbonyl (C=O) groups is 1. The van der Waals surface area contributed by atoms with Crippen LogP contribution in [-0.4, -0.2) is 27.2 Å². The molecule has 6 rings (SSSR count). The Kier molecular flexibility index (Phi) is 4.38. The summed E-state index contributed by atoms with van der Waals surface area (Å²) in [6.45, 7) is 2.53. The van der Waals surface area contributed by atoms with E-state index in [9.17, 15) is 14.7 Å². The Hall–Kier alpha value is -3.29. The first-order valence-corrected chi connectivity index (χ1v) is 11.5. The molecule has 0 amide bonds. The molecule has 4 heterocycles. The molecule has 0 fully saturated rings. The number of esters is 1. The number of ether oxygens (including phenoxy) is 1. The number of rotatable bonds is 3. The van der Waals surface area contributed by atoms with Gasteiger partial charge in [-0.2, -0.15) is 0 Å². The van der Waals surface area contributed by atoms with Crippen LogP contribution in [0.1, 0.15) is 53.1 Å². The number of carbonyl (C=O) groups excluding carboxylic acids is 1. The largest absolute Gasteiger partial charge is 0.458 e. The summed E-state index contributed by atoms with van der Waals surface area (Å²) in [6.07, 6.45) is 7.12. The molecule has 1 atom stereocenters. The van der Waals surface area contributed by atoms with Crippen molar-refractivity contribution < 1.29 is 14.6 Å². The molecule has 7 nitrogen and oxygen atoms in total. The fraction of sp³-hybridized carbons (Fsp3) is 0.346. The van der Waals surface area contributed by atoms with E-state index in [1.807, 2.05) is 12.1 Å². The number of aromatic nitrogens is 2. The molecular formula is C26H25N3O4. The molecule has 0 radical (unpaired) electrons. The fourth-order valence-corrected chi connectivity index (χ4v) is 5.69. The molecule has 1 aromatic carbocycles.